The highest BCUT2D eigenvalue weighted by Crippen LogP contribution is 2.24. The van der Waals surface area contributed by atoms with Crippen molar-refractivity contribution in [2.75, 3.05) is 25.1 Å². The molecule has 0 saturated carbocycles. The second-order valence-electron chi connectivity index (χ2n) is 3.49. The van der Waals surface area contributed by atoms with Crippen LogP contribution in [0.2, 0.25) is 0 Å². The Kier molecular flexibility index (Phi) is 5.12. The molecule has 0 atom stereocenters. The van der Waals surface area contributed by atoms with Crippen LogP contribution in [0.15, 0.2) is 12.1 Å². The molecular formula is C10H11F2N3O4. The molecule has 1 aromatic carbocycles. The molecule has 0 aliphatic carbocycles. The third kappa shape index (κ3) is 4.47. The van der Waals surface area contributed by atoms with Gasteiger partial charge in [-0.2, -0.15) is 0 Å². The van der Waals surface area contributed by atoms with E-state index in [0.717, 1.165) is 0 Å². The number of hydrogen-bond donors (Lipinski definition) is 2. The Hall–Kier alpha value is -2.29. The highest BCUT2D eigenvalue weighted by molar-refractivity contribution is 5.74. The summed E-state index contributed by atoms with van der Waals surface area (Å²) >= 11 is 0. The highest BCUT2D eigenvalue weighted by atomic mass is 19.1. The fraction of sp³-hybridized carbons (Fsp3) is 0.300. The van der Waals surface area contributed by atoms with Crippen LogP contribution in [0.4, 0.5) is 20.2 Å². The predicted molar refractivity (Wildman–Crippen MR) is 61.5 cm³/mol. The summed E-state index contributed by atoms with van der Waals surface area (Å²) in [5.41, 5.74) is 3.64. The first-order valence-electron chi connectivity index (χ1n) is 5.15. The molecule has 0 saturated heterocycles. The zero-order valence-electron chi connectivity index (χ0n) is 9.69. The fourth-order valence-electron chi connectivity index (χ4n) is 1.26. The zero-order valence-corrected chi connectivity index (χ0v) is 9.69. The zero-order chi connectivity index (χ0) is 14.4. The molecule has 3 N–H and O–H groups in total. The Labute approximate surface area is 106 Å². The van der Waals surface area contributed by atoms with E-state index in [1.54, 1.807) is 0 Å². The number of nitrogens with two attached hydrogens (primary N) is 1. The number of primary amides is 1. The second kappa shape index (κ2) is 6.59. The molecule has 19 heavy (non-hydrogen) atoms. The Morgan fingerprint density at radius 3 is 2.47 bits per heavy atom. The quantitative estimate of drug-likeness (QED) is 0.434. The maximum atomic E-state index is 13.4. The molecule has 0 fully saturated rings. The van der Waals surface area contributed by atoms with E-state index in [0.29, 0.717) is 12.1 Å². The standard InChI is InChI=1S/C10H11F2N3O4/c11-7-3-6(15(17)18)4-8(12)10(7)14-1-2-19-5-9(13)16/h3-4,14H,1-2,5H2,(H2,13,16). The van der Waals surface area contributed by atoms with E-state index in [1.807, 2.05) is 0 Å². The molecule has 1 rings (SSSR count). The van der Waals surface area contributed by atoms with Crippen LogP contribution >= 0.6 is 0 Å². The number of nitro groups is 1. The number of ether oxygens (including phenoxy) is 1. The number of hydrogen-bond acceptors (Lipinski definition) is 5. The average molecular weight is 275 g/mol. The van der Waals surface area contributed by atoms with Crippen LogP contribution in [0, 0.1) is 21.7 Å². The molecule has 9 heteroatoms. The van der Waals surface area contributed by atoms with Gasteiger partial charge in [-0.05, 0) is 0 Å². The lowest BCUT2D eigenvalue weighted by molar-refractivity contribution is -0.385. The number of rotatable bonds is 7. The summed E-state index contributed by atoms with van der Waals surface area (Å²) in [5, 5.41) is 12.7. The number of carbonyl (C=O) groups is 1. The predicted octanol–water partition coefficient (Wildman–Crippen LogP) is 0.787. The van der Waals surface area contributed by atoms with E-state index in [1.165, 1.54) is 0 Å². The lowest BCUT2D eigenvalue weighted by Crippen LogP contribution is -2.21. The Morgan fingerprint density at radius 1 is 1.42 bits per heavy atom. The molecule has 0 heterocycles. The van der Waals surface area contributed by atoms with Crippen LogP contribution in [0.5, 0.6) is 0 Å². The molecule has 104 valence electrons. The van der Waals surface area contributed by atoms with Crippen molar-refractivity contribution in [3.05, 3.63) is 33.9 Å². The van der Waals surface area contributed by atoms with E-state index >= 15 is 0 Å². The average Bonchev–Trinajstić information content (AvgIpc) is 2.30. The molecule has 0 aliphatic rings. The van der Waals surface area contributed by atoms with Crippen LogP contribution < -0.4 is 11.1 Å². The van der Waals surface area contributed by atoms with E-state index < -0.39 is 33.8 Å². The summed E-state index contributed by atoms with van der Waals surface area (Å²) in [6, 6.07) is 1.21. The summed E-state index contributed by atoms with van der Waals surface area (Å²) in [7, 11) is 0. The Bertz CT molecular complexity index is 473. The normalized spacial score (nSPS) is 10.2. The number of nitro benzene ring substituents is 1. The van der Waals surface area contributed by atoms with E-state index in [9.17, 15) is 23.7 Å². The van der Waals surface area contributed by atoms with Crippen molar-refractivity contribution in [3.8, 4) is 0 Å². The number of carbonyl (C=O) groups excluding carboxylic acids is 1. The summed E-state index contributed by atoms with van der Waals surface area (Å²) < 4.78 is 31.5. The van der Waals surface area contributed by atoms with Crippen molar-refractivity contribution in [1.82, 2.24) is 0 Å². The molecule has 0 radical (unpaired) electrons. The Morgan fingerprint density at radius 2 is 2.00 bits per heavy atom. The number of nitrogens with one attached hydrogen (secondary N) is 1. The lowest BCUT2D eigenvalue weighted by atomic mass is 10.2. The molecule has 1 amide bonds. The van der Waals surface area contributed by atoms with Crippen molar-refractivity contribution < 1.29 is 23.2 Å². The smallest absolute Gasteiger partial charge is 0.275 e. The minimum Gasteiger partial charge on any atom is -0.378 e. The van der Waals surface area contributed by atoms with Gasteiger partial charge in [-0.3, -0.25) is 14.9 Å². The maximum absolute atomic E-state index is 13.4. The van der Waals surface area contributed by atoms with Gasteiger partial charge in [0.05, 0.1) is 23.7 Å². The maximum Gasteiger partial charge on any atom is 0.275 e. The van der Waals surface area contributed by atoms with Crippen LogP contribution in [-0.2, 0) is 9.53 Å². The lowest BCUT2D eigenvalue weighted by Gasteiger charge is -2.08. The third-order valence-corrected chi connectivity index (χ3v) is 2.03. The van der Waals surface area contributed by atoms with Crippen molar-refractivity contribution in [2.45, 2.75) is 0 Å². The summed E-state index contributed by atoms with van der Waals surface area (Å²) in [5.74, 6) is -2.82. The van der Waals surface area contributed by atoms with Crippen molar-refractivity contribution in [3.63, 3.8) is 0 Å². The van der Waals surface area contributed by atoms with Crippen LogP contribution in [-0.4, -0.2) is 30.6 Å². The Balaban J connectivity index is 2.59. The molecule has 0 aromatic heterocycles. The van der Waals surface area contributed by atoms with Gasteiger partial charge in [0.1, 0.15) is 12.3 Å². The van der Waals surface area contributed by atoms with Crippen molar-refractivity contribution in [1.29, 1.82) is 0 Å². The van der Waals surface area contributed by atoms with Gasteiger partial charge >= 0.3 is 0 Å². The monoisotopic (exact) mass is 275 g/mol. The van der Waals surface area contributed by atoms with Crippen LogP contribution in [0.3, 0.4) is 0 Å². The minimum absolute atomic E-state index is 0.00118. The van der Waals surface area contributed by atoms with Gasteiger partial charge in [-0.15, -0.1) is 0 Å². The number of non-ortho nitro benzene ring substituents is 1. The number of halogens is 2. The first-order chi connectivity index (χ1) is 8.91. The van der Waals surface area contributed by atoms with Gasteiger partial charge in [0.25, 0.3) is 5.69 Å². The first-order valence-corrected chi connectivity index (χ1v) is 5.15. The molecule has 0 aliphatic heterocycles. The van der Waals surface area contributed by atoms with Gasteiger partial charge in [0.15, 0.2) is 11.6 Å². The van der Waals surface area contributed by atoms with Gasteiger partial charge in [-0.1, -0.05) is 0 Å². The summed E-state index contributed by atoms with van der Waals surface area (Å²) in [6.07, 6.45) is 0. The number of amides is 1. The molecule has 0 bridgehead atoms. The number of nitrogens with zero attached hydrogens (tertiary/aromatic N) is 1. The molecule has 1 aromatic rings. The largest absolute Gasteiger partial charge is 0.378 e. The molecule has 0 spiro atoms. The molecular weight excluding hydrogens is 264 g/mol. The number of anilines is 1. The van der Waals surface area contributed by atoms with E-state index in [4.69, 9.17) is 10.5 Å². The van der Waals surface area contributed by atoms with Crippen LogP contribution in [0.25, 0.3) is 0 Å². The number of benzene rings is 1. The highest BCUT2D eigenvalue weighted by Gasteiger charge is 2.16. The molecule has 0 unspecified atom stereocenters. The second-order valence-corrected chi connectivity index (χ2v) is 3.49. The SMILES string of the molecule is NC(=O)COCCNc1c(F)cc([N+](=O)[O-])cc1F. The summed E-state index contributed by atoms with van der Waals surface area (Å²) in [6.45, 7) is -0.287. The van der Waals surface area contributed by atoms with Crippen molar-refractivity contribution >= 4 is 17.3 Å². The van der Waals surface area contributed by atoms with Gasteiger partial charge < -0.3 is 15.8 Å². The van der Waals surface area contributed by atoms with E-state index in [-0.39, 0.29) is 19.8 Å². The van der Waals surface area contributed by atoms with Crippen molar-refractivity contribution in [2.24, 2.45) is 5.73 Å². The molecule has 7 nitrogen and oxygen atoms in total. The topological polar surface area (TPSA) is 107 Å². The summed E-state index contributed by atoms with van der Waals surface area (Å²) in [4.78, 5) is 19.8. The van der Waals surface area contributed by atoms with Gasteiger partial charge in [0.2, 0.25) is 5.91 Å². The van der Waals surface area contributed by atoms with Gasteiger partial charge in [0, 0.05) is 6.54 Å². The third-order valence-electron chi connectivity index (χ3n) is 2.03. The van der Waals surface area contributed by atoms with Gasteiger partial charge in [-0.25, -0.2) is 8.78 Å². The fourth-order valence-corrected chi connectivity index (χ4v) is 1.26. The van der Waals surface area contributed by atoms with Crippen LogP contribution in [0.1, 0.15) is 0 Å². The first kappa shape index (κ1) is 14.8. The van der Waals surface area contributed by atoms with E-state index in [2.05, 4.69) is 5.32 Å². The minimum atomic E-state index is -1.08.